The zero-order valence-electron chi connectivity index (χ0n) is 14.0. The molecule has 1 saturated carbocycles. The summed E-state index contributed by atoms with van der Waals surface area (Å²) in [6.07, 6.45) is 2.14. The molecule has 1 aliphatic carbocycles. The largest absolute Gasteiger partial charge is 0.484 e. The van der Waals surface area contributed by atoms with Crippen molar-refractivity contribution in [3.05, 3.63) is 69.8 Å². The normalized spacial score (nSPS) is 14.6. The van der Waals surface area contributed by atoms with Crippen LogP contribution in [-0.2, 0) is 10.2 Å². The summed E-state index contributed by atoms with van der Waals surface area (Å²) in [7, 11) is 0. The van der Waals surface area contributed by atoms with E-state index in [-0.39, 0.29) is 23.6 Å². The molecule has 130 valence electrons. The van der Waals surface area contributed by atoms with Crippen molar-refractivity contribution in [2.24, 2.45) is 0 Å². The third-order valence-electron chi connectivity index (χ3n) is 4.60. The van der Waals surface area contributed by atoms with Gasteiger partial charge in [0.05, 0.1) is 4.92 Å². The first-order chi connectivity index (χ1) is 12.0. The minimum absolute atomic E-state index is 0.0373. The Morgan fingerprint density at radius 3 is 2.56 bits per heavy atom. The molecule has 2 aromatic carbocycles. The number of carbonyl (C=O) groups excluding carboxylic acids is 1. The van der Waals surface area contributed by atoms with Gasteiger partial charge >= 0.3 is 0 Å². The number of benzene rings is 2. The van der Waals surface area contributed by atoms with Crippen LogP contribution < -0.4 is 10.1 Å². The van der Waals surface area contributed by atoms with Gasteiger partial charge in [-0.25, -0.2) is 0 Å². The molecule has 0 heterocycles. The lowest BCUT2D eigenvalue weighted by molar-refractivity contribution is -0.385. The molecular formula is C19H20N2O4. The summed E-state index contributed by atoms with van der Waals surface area (Å²) in [6, 6.07) is 14.6. The van der Waals surface area contributed by atoms with E-state index in [0.717, 1.165) is 12.8 Å². The van der Waals surface area contributed by atoms with Crippen molar-refractivity contribution in [3.63, 3.8) is 0 Å². The molecule has 1 N–H and O–H groups in total. The second-order valence-electron chi connectivity index (χ2n) is 6.42. The summed E-state index contributed by atoms with van der Waals surface area (Å²) in [6.45, 7) is 2.13. The van der Waals surface area contributed by atoms with Crippen LogP contribution in [0.3, 0.4) is 0 Å². The average molecular weight is 340 g/mol. The van der Waals surface area contributed by atoms with Gasteiger partial charge in [0.2, 0.25) is 0 Å². The van der Waals surface area contributed by atoms with E-state index in [4.69, 9.17) is 4.74 Å². The maximum atomic E-state index is 12.0. The van der Waals surface area contributed by atoms with Crippen LogP contribution in [0.25, 0.3) is 0 Å². The number of nitro benzene ring substituents is 1. The summed E-state index contributed by atoms with van der Waals surface area (Å²) in [5.74, 6) is 0.251. The standard InChI is InChI=1S/C19H20N2O4/c1-14-11-16(7-8-17(14)21(23)24)25-12-18(22)20-13-19(9-10-19)15-5-3-2-4-6-15/h2-8,11H,9-10,12-13H2,1H3,(H,20,22). The highest BCUT2D eigenvalue weighted by atomic mass is 16.6. The molecule has 6 heteroatoms. The van der Waals surface area contributed by atoms with Crippen LogP contribution in [0.2, 0.25) is 0 Å². The van der Waals surface area contributed by atoms with Crippen molar-refractivity contribution >= 4 is 11.6 Å². The molecule has 0 unspecified atom stereocenters. The Morgan fingerprint density at radius 1 is 1.24 bits per heavy atom. The maximum Gasteiger partial charge on any atom is 0.272 e. The van der Waals surface area contributed by atoms with Gasteiger partial charge in [0.15, 0.2) is 6.61 Å². The molecule has 2 aromatic rings. The van der Waals surface area contributed by atoms with E-state index in [0.29, 0.717) is 17.9 Å². The monoisotopic (exact) mass is 340 g/mol. The van der Waals surface area contributed by atoms with Gasteiger partial charge in [-0.2, -0.15) is 0 Å². The van der Waals surface area contributed by atoms with Gasteiger partial charge < -0.3 is 10.1 Å². The molecule has 25 heavy (non-hydrogen) atoms. The number of rotatable bonds is 7. The van der Waals surface area contributed by atoms with Crippen molar-refractivity contribution < 1.29 is 14.5 Å². The topological polar surface area (TPSA) is 81.5 Å². The highest BCUT2D eigenvalue weighted by molar-refractivity contribution is 5.77. The van der Waals surface area contributed by atoms with Crippen molar-refractivity contribution in [1.82, 2.24) is 5.32 Å². The highest BCUT2D eigenvalue weighted by Crippen LogP contribution is 2.47. The molecule has 0 aromatic heterocycles. The lowest BCUT2D eigenvalue weighted by Crippen LogP contribution is -2.35. The molecule has 6 nitrogen and oxygen atoms in total. The fraction of sp³-hybridized carbons (Fsp3) is 0.316. The zero-order valence-corrected chi connectivity index (χ0v) is 14.0. The predicted octanol–water partition coefficient (Wildman–Crippen LogP) is 3.13. The van der Waals surface area contributed by atoms with E-state index in [9.17, 15) is 14.9 Å². The first kappa shape index (κ1) is 17.0. The molecule has 0 spiro atoms. The van der Waals surface area contributed by atoms with E-state index >= 15 is 0 Å². The SMILES string of the molecule is Cc1cc(OCC(=O)NCC2(c3ccccc3)CC2)ccc1[N+](=O)[O-]. The zero-order chi connectivity index (χ0) is 17.9. The van der Waals surface area contributed by atoms with Gasteiger partial charge in [0, 0.05) is 23.6 Å². The molecule has 0 saturated heterocycles. The molecule has 0 aliphatic heterocycles. The Labute approximate surface area is 146 Å². The van der Waals surface area contributed by atoms with Crippen LogP contribution in [0.15, 0.2) is 48.5 Å². The number of nitro groups is 1. The Morgan fingerprint density at radius 2 is 1.96 bits per heavy atom. The van der Waals surface area contributed by atoms with E-state index < -0.39 is 4.92 Å². The van der Waals surface area contributed by atoms with Crippen molar-refractivity contribution in [3.8, 4) is 5.75 Å². The Balaban J connectivity index is 1.51. The van der Waals surface area contributed by atoms with Crippen LogP contribution in [0.4, 0.5) is 5.69 Å². The predicted molar refractivity (Wildman–Crippen MR) is 93.7 cm³/mol. The van der Waals surface area contributed by atoms with Crippen molar-refractivity contribution in [2.45, 2.75) is 25.2 Å². The van der Waals surface area contributed by atoms with E-state index in [1.54, 1.807) is 13.0 Å². The van der Waals surface area contributed by atoms with Crippen LogP contribution in [0.5, 0.6) is 5.75 Å². The summed E-state index contributed by atoms with van der Waals surface area (Å²) < 4.78 is 5.44. The number of carbonyl (C=O) groups is 1. The van der Waals surface area contributed by atoms with E-state index in [1.807, 2.05) is 18.2 Å². The summed E-state index contributed by atoms with van der Waals surface area (Å²) in [5, 5.41) is 13.7. The number of hydrogen-bond donors (Lipinski definition) is 1. The second kappa shape index (κ2) is 6.93. The molecular weight excluding hydrogens is 320 g/mol. The molecule has 1 amide bonds. The van der Waals surface area contributed by atoms with Crippen LogP contribution in [0, 0.1) is 17.0 Å². The first-order valence-electron chi connectivity index (χ1n) is 8.20. The summed E-state index contributed by atoms with van der Waals surface area (Å²) in [4.78, 5) is 22.4. The third-order valence-corrected chi connectivity index (χ3v) is 4.60. The fourth-order valence-corrected chi connectivity index (χ4v) is 2.90. The van der Waals surface area contributed by atoms with Crippen molar-refractivity contribution in [1.29, 1.82) is 0 Å². The number of amides is 1. The quantitative estimate of drug-likeness (QED) is 0.620. The smallest absolute Gasteiger partial charge is 0.272 e. The number of nitrogens with one attached hydrogen (secondary N) is 1. The first-order valence-corrected chi connectivity index (χ1v) is 8.20. The minimum Gasteiger partial charge on any atom is -0.484 e. The van der Waals surface area contributed by atoms with Gasteiger partial charge in [-0.05, 0) is 37.5 Å². The Bertz CT molecular complexity index is 785. The molecule has 3 rings (SSSR count). The number of nitrogens with zero attached hydrogens (tertiary/aromatic N) is 1. The van der Waals surface area contributed by atoms with Crippen LogP contribution in [-0.4, -0.2) is 24.0 Å². The summed E-state index contributed by atoms with van der Waals surface area (Å²) in [5.41, 5.74) is 1.85. The third kappa shape index (κ3) is 3.96. The van der Waals surface area contributed by atoms with Gasteiger partial charge in [0.25, 0.3) is 11.6 Å². The van der Waals surface area contributed by atoms with Gasteiger partial charge in [0.1, 0.15) is 5.75 Å². The lowest BCUT2D eigenvalue weighted by Gasteiger charge is -2.16. The van der Waals surface area contributed by atoms with E-state index in [1.165, 1.54) is 17.7 Å². The molecule has 0 atom stereocenters. The number of aryl methyl sites for hydroxylation is 1. The highest BCUT2D eigenvalue weighted by Gasteiger charge is 2.44. The second-order valence-corrected chi connectivity index (χ2v) is 6.42. The molecule has 0 bridgehead atoms. The molecule has 1 aliphatic rings. The van der Waals surface area contributed by atoms with Gasteiger partial charge in [-0.1, -0.05) is 30.3 Å². The van der Waals surface area contributed by atoms with Crippen LogP contribution >= 0.6 is 0 Å². The lowest BCUT2D eigenvalue weighted by atomic mass is 9.96. The van der Waals surface area contributed by atoms with E-state index in [2.05, 4.69) is 17.4 Å². The molecule has 1 fully saturated rings. The van der Waals surface area contributed by atoms with Crippen molar-refractivity contribution in [2.75, 3.05) is 13.2 Å². The average Bonchev–Trinajstić information content (AvgIpc) is 3.40. The van der Waals surface area contributed by atoms with Gasteiger partial charge in [-0.3, -0.25) is 14.9 Å². The van der Waals surface area contributed by atoms with Gasteiger partial charge in [-0.15, -0.1) is 0 Å². The Hall–Kier alpha value is -2.89. The molecule has 0 radical (unpaired) electrons. The van der Waals surface area contributed by atoms with Crippen LogP contribution in [0.1, 0.15) is 24.0 Å². The Kier molecular flexibility index (Phi) is 4.70. The number of ether oxygens (including phenoxy) is 1. The minimum atomic E-state index is -0.440. The number of hydrogen-bond acceptors (Lipinski definition) is 4. The fourth-order valence-electron chi connectivity index (χ4n) is 2.90. The summed E-state index contributed by atoms with van der Waals surface area (Å²) >= 11 is 0. The maximum absolute atomic E-state index is 12.0.